The fraction of sp³-hybridized carbons (Fsp3) is 0.364. The molecule has 0 spiro atoms. The number of aliphatic imine (C=N–C) groups is 1. The first kappa shape index (κ1) is 9.21. The number of rotatable bonds is 0. The highest BCUT2D eigenvalue weighted by atomic mass is 16.3. The number of nitrogens with zero attached hydrogens (tertiary/aromatic N) is 2. The summed E-state index contributed by atoms with van der Waals surface area (Å²) in [5, 5.41) is 9.58. The van der Waals surface area contributed by atoms with Crippen molar-refractivity contribution in [3.8, 4) is 0 Å². The summed E-state index contributed by atoms with van der Waals surface area (Å²) in [5.41, 5.74) is 4.30. The van der Waals surface area contributed by atoms with Crippen LogP contribution < -0.4 is 4.90 Å². The number of aryl methyl sites for hydroxylation is 2. The van der Waals surface area contributed by atoms with E-state index in [4.69, 9.17) is 0 Å². The van der Waals surface area contributed by atoms with Crippen molar-refractivity contribution in [2.75, 3.05) is 11.9 Å². The molecule has 0 saturated carbocycles. The van der Waals surface area contributed by atoms with Gasteiger partial charge >= 0.3 is 0 Å². The van der Waals surface area contributed by atoms with E-state index in [-0.39, 0.29) is 0 Å². The number of aliphatic hydroxyl groups excluding tert-OH is 1. The van der Waals surface area contributed by atoms with Crippen molar-refractivity contribution in [3.05, 3.63) is 23.3 Å². The van der Waals surface area contributed by atoms with Crippen molar-refractivity contribution in [3.63, 3.8) is 0 Å². The van der Waals surface area contributed by atoms with Gasteiger partial charge in [0.25, 0.3) is 0 Å². The molecule has 0 fully saturated rings. The Morgan fingerprint density at radius 3 is 2.79 bits per heavy atom. The van der Waals surface area contributed by atoms with Gasteiger partial charge in [-0.25, -0.2) is 0 Å². The first-order valence-electron chi connectivity index (χ1n) is 4.66. The predicted octanol–water partition coefficient (Wildman–Crippen LogP) is 1.77. The minimum atomic E-state index is -0.608. The summed E-state index contributed by atoms with van der Waals surface area (Å²) in [4.78, 5) is 6.07. The van der Waals surface area contributed by atoms with Gasteiger partial charge in [0.05, 0.1) is 17.6 Å². The molecule has 0 radical (unpaired) electrons. The molecular formula is C11H14N2O. The second-order valence-corrected chi connectivity index (χ2v) is 3.75. The Hall–Kier alpha value is -1.35. The summed E-state index contributed by atoms with van der Waals surface area (Å²) >= 11 is 0. The molecule has 14 heavy (non-hydrogen) atoms. The molecule has 0 aliphatic carbocycles. The van der Waals surface area contributed by atoms with Gasteiger partial charge in [0.1, 0.15) is 0 Å². The van der Waals surface area contributed by atoms with Crippen LogP contribution in [-0.4, -0.2) is 24.6 Å². The maximum absolute atomic E-state index is 9.58. The zero-order chi connectivity index (χ0) is 10.3. The number of fused-ring (bicyclic) bond motifs is 1. The molecule has 0 amide bonds. The third-order valence-corrected chi connectivity index (χ3v) is 2.54. The fourth-order valence-corrected chi connectivity index (χ4v) is 1.76. The SMILES string of the molecule is Cc1cc(C)c2c(c1)N(C)C(O)C=N2. The molecule has 3 heteroatoms. The van der Waals surface area contributed by atoms with Crippen LogP contribution in [0.15, 0.2) is 17.1 Å². The second-order valence-electron chi connectivity index (χ2n) is 3.75. The van der Waals surface area contributed by atoms with Crippen LogP contribution in [0.2, 0.25) is 0 Å². The van der Waals surface area contributed by atoms with Crippen molar-refractivity contribution in [2.24, 2.45) is 4.99 Å². The molecule has 74 valence electrons. The Morgan fingerprint density at radius 2 is 2.07 bits per heavy atom. The smallest absolute Gasteiger partial charge is 0.163 e. The third-order valence-electron chi connectivity index (χ3n) is 2.54. The molecule has 3 nitrogen and oxygen atoms in total. The summed E-state index contributed by atoms with van der Waals surface area (Å²) in [6.07, 6.45) is 0.952. The van der Waals surface area contributed by atoms with Gasteiger partial charge in [-0.2, -0.15) is 0 Å². The normalized spacial score (nSPS) is 19.7. The lowest BCUT2D eigenvalue weighted by molar-refractivity contribution is 0.245. The number of hydrogen-bond acceptors (Lipinski definition) is 3. The number of hydrogen-bond donors (Lipinski definition) is 1. The Morgan fingerprint density at radius 1 is 1.36 bits per heavy atom. The van der Waals surface area contributed by atoms with E-state index >= 15 is 0 Å². The van der Waals surface area contributed by atoms with Crippen LogP contribution in [-0.2, 0) is 0 Å². The molecule has 1 atom stereocenters. The van der Waals surface area contributed by atoms with Gasteiger partial charge < -0.3 is 10.0 Å². The van der Waals surface area contributed by atoms with Crippen molar-refractivity contribution < 1.29 is 5.11 Å². The number of benzene rings is 1. The fourth-order valence-electron chi connectivity index (χ4n) is 1.76. The largest absolute Gasteiger partial charge is 0.368 e. The molecule has 2 rings (SSSR count). The first-order chi connectivity index (χ1) is 6.59. The monoisotopic (exact) mass is 190 g/mol. The van der Waals surface area contributed by atoms with Gasteiger partial charge in [-0.1, -0.05) is 6.07 Å². The highest BCUT2D eigenvalue weighted by Gasteiger charge is 2.19. The third kappa shape index (κ3) is 1.30. The number of anilines is 1. The first-order valence-corrected chi connectivity index (χ1v) is 4.66. The Bertz CT molecular complexity index is 399. The van der Waals surface area contributed by atoms with Gasteiger partial charge in [-0.05, 0) is 31.0 Å². The van der Waals surface area contributed by atoms with E-state index < -0.39 is 6.23 Å². The van der Waals surface area contributed by atoms with Crippen molar-refractivity contribution in [1.29, 1.82) is 0 Å². The molecule has 1 aromatic rings. The minimum Gasteiger partial charge on any atom is -0.368 e. The molecule has 1 heterocycles. The summed E-state index contributed by atoms with van der Waals surface area (Å²) in [6.45, 7) is 4.08. The van der Waals surface area contributed by atoms with Crippen LogP contribution in [0.5, 0.6) is 0 Å². The van der Waals surface area contributed by atoms with Gasteiger partial charge in [0, 0.05) is 7.05 Å². The van der Waals surface area contributed by atoms with E-state index in [0.717, 1.165) is 16.9 Å². The van der Waals surface area contributed by atoms with Crippen LogP contribution in [0.4, 0.5) is 11.4 Å². The molecule has 0 saturated heterocycles. The van der Waals surface area contributed by atoms with Crippen LogP contribution in [0, 0.1) is 13.8 Å². The average molecular weight is 190 g/mol. The number of aliphatic hydroxyl groups is 1. The van der Waals surface area contributed by atoms with Crippen LogP contribution in [0.25, 0.3) is 0 Å². The van der Waals surface area contributed by atoms with Gasteiger partial charge in [-0.3, -0.25) is 4.99 Å². The van der Waals surface area contributed by atoms with Gasteiger partial charge in [0.2, 0.25) is 0 Å². The van der Waals surface area contributed by atoms with E-state index in [1.807, 2.05) is 31.9 Å². The molecular weight excluding hydrogens is 176 g/mol. The summed E-state index contributed by atoms with van der Waals surface area (Å²) < 4.78 is 0. The zero-order valence-electron chi connectivity index (χ0n) is 8.65. The summed E-state index contributed by atoms with van der Waals surface area (Å²) in [6, 6.07) is 4.14. The highest BCUT2D eigenvalue weighted by molar-refractivity contribution is 5.84. The zero-order valence-corrected chi connectivity index (χ0v) is 8.65. The lowest BCUT2D eigenvalue weighted by Gasteiger charge is -2.28. The molecule has 0 bridgehead atoms. The molecule has 1 aromatic carbocycles. The Kier molecular flexibility index (Phi) is 2.04. The Balaban J connectivity index is 2.62. The van der Waals surface area contributed by atoms with Gasteiger partial charge in [-0.15, -0.1) is 0 Å². The van der Waals surface area contributed by atoms with Crippen LogP contribution in [0.1, 0.15) is 11.1 Å². The molecule has 1 unspecified atom stereocenters. The van der Waals surface area contributed by atoms with Crippen LogP contribution in [0.3, 0.4) is 0 Å². The lowest BCUT2D eigenvalue weighted by atomic mass is 10.1. The minimum absolute atomic E-state index is 0.608. The maximum Gasteiger partial charge on any atom is 0.163 e. The van der Waals surface area contributed by atoms with E-state index in [2.05, 4.69) is 11.1 Å². The van der Waals surface area contributed by atoms with E-state index in [9.17, 15) is 5.11 Å². The molecule has 1 N–H and O–H groups in total. The topological polar surface area (TPSA) is 35.8 Å². The van der Waals surface area contributed by atoms with Gasteiger partial charge in [0.15, 0.2) is 6.23 Å². The molecule has 1 aliphatic rings. The summed E-state index contributed by atoms with van der Waals surface area (Å²) in [5.74, 6) is 0. The predicted molar refractivity (Wildman–Crippen MR) is 58.5 cm³/mol. The Labute approximate surface area is 83.7 Å². The van der Waals surface area contributed by atoms with Crippen molar-refractivity contribution >= 4 is 17.6 Å². The standard InChI is InChI=1S/C11H14N2O/c1-7-4-8(2)11-9(5-7)13(3)10(14)6-12-11/h4-6,10,14H,1-3H3. The molecule has 0 aromatic heterocycles. The average Bonchev–Trinajstić information content (AvgIpc) is 2.12. The van der Waals surface area contributed by atoms with E-state index in [1.54, 1.807) is 6.21 Å². The van der Waals surface area contributed by atoms with E-state index in [0.29, 0.717) is 0 Å². The second kappa shape index (κ2) is 3.10. The quantitative estimate of drug-likeness (QED) is 0.676. The lowest BCUT2D eigenvalue weighted by Crippen LogP contribution is -2.34. The van der Waals surface area contributed by atoms with Crippen molar-refractivity contribution in [2.45, 2.75) is 20.1 Å². The molecule has 1 aliphatic heterocycles. The maximum atomic E-state index is 9.58. The van der Waals surface area contributed by atoms with Crippen LogP contribution >= 0.6 is 0 Å². The van der Waals surface area contributed by atoms with E-state index in [1.165, 1.54) is 5.56 Å². The highest BCUT2D eigenvalue weighted by Crippen LogP contribution is 2.35. The van der Waals surface area contributed by atoms with Crippen molar-refractivity contribution in [1.82, 2.24) is 0 Å². The summed E-state index contributed by atoms with van der Waals surface area (Å²) in [7, 11) is 1.87.